The lowest BCUT2D eigenvalue weighted by Gasteiger charge is -2.59. The maximum atomic E-state index is 17.5. The lowest BCUT2D eigenvalue weighted by molar-refractivity contribution is -0.222. The van der Waals surface area contributed by atoms with Crippen molar-refractivity contribution in [1.29, 1.82) is 0 Å². The summed E-state index contributed by atoms with van der Waals surface area (Å²) in [4.78, 5) is 134. The van der Waals surface area contributed by atoms with Crippen molar-refractivity contribution < 1.29 is 99.7 Å². The highest BCUT2D eigenvalue weighted by atomic mass is 19.1. The van der Waals surface area contributed by atoms with Crippen molar-refractivity contribution in [2.45, 2.75) is 153 Å². The number of carbonyl (C=O) groups excluding carboxylic acids is 10. The number of ketones is 2. The van der Waals surface area contributed by atoms with E-state index in [1.807, 2.05) is 67.6 Å². The summed E-state index contributed by atoms with van der Waals surface area (Å²) >= 11 is 0. The normalized spacial score (nSPS) is 24.5. The summed E-state index contributed by atoms with van der Waals surface area (Å²) in [5.74, 6) is -6.54. The topological polar surface area (TPSA) is 369 Å². The largest absolute Gasteiger partial charge is 0.445 e. The molecule has 12 atom stereocenters. The Kier molecular flexibility index (Phi) is 29.6. The van der Waals surface area contributed by atoms with Crippen LogP contribution in [-0.2, 0) is 84.6 Å². The average molecular weight is 1490 g/mol. The van der Waals surface area contributed by atoms with Crippen LogP contribution in [0.2, 0.25) is 0 Å². The number of hydrogen-bond donors (Lipinski definition) is 8. The summed E-state index contributed by atoms with van der Waals surface area (Å²) < 4.78 is 79.4. The molecule has 0 bridgehead atoms. The quantitative estimate of drug-likeness (QED) is 0.0286. The summed E-state index contributed by atoms with van der Waals surface area (Å²) in [6, 6.07) is 19.0. The van der Waals surface area contributed by atoms with Crippen molar-refractivity contribution in [3.8, 4) is 0 Å². The molecule has 6 aliphatic rings. The van der Waals surface area contributed by atoms with Gasteiger partial charge in [0.15, 0.2) is 24.3 Å². The molecule has 9 rings (SSSR count). The van der Waals surface area contributed by atoms with Gasteiger partial charge in [-0.1, -0.05) is 107 Å². The van der Waals surface area contributed by atoms with E-state index in [1.54, 1.807) is 49.9 Å². The number of urea groups is 1. The van der Waals surface area contributed by atoms with Crippen molar-refractivity contribution in [3.05, 3.63) is 119 Å². The molecule has 30 heteroatoms. The van der Waals surface area contributed by atoms with Gasteiger partial charge >= 0.3 is 18.2 Å². The van der Waals surface area contributed by atoms with Crippen LogP contribution < -0.4 is 42.5 Å². The first-order valence-electron chi connectivity index (χ1n) is 36.7. The van der Waals surface area contributed by atoms with E-state index in [9.17, 15) is 53.1 Å². The van der Waals surface area contributed by atoms with E-state index < -0.39 is 131 Å². The van der Waals surface area contributed by atoms with Crippen LogP contribution in [0.1, 0.15) is 114 Å². The highest BCUT2D eigenvalue weighted by Gasteiger charge is 2.78. The molecular weight excluding hydrogens is 1390 g/mol. The van der Waals surface area contributed by atoms with Crippen LogP contribution in [0.5, 0.6) is 0 Å². The van der Waals surface area contributed by atoms with Gasteiger partial charge in [-0.3, -0.25) is 33.6 Å². The number of carbonyl (C=O) groups is 10. The van der Waals surface area contributed by atoms with Gasteiger partial charge in [0.1, 0.15) is 30.5 Å². The molecule has 107 heavy (non-hydrogen) atoms. The Morgan fingerprint density at radius 1 is 0.757 bits per heavy atom. The van der Waals surface area contributed by atoms with Crippen molar-refractivity contribution in [2.24, 2.45) is 34.8 Å². The maximum Gasteiger partial charge on any atom is 0.409 e. The number of alkyl carbamates (subject to hydrolysis) is 1. The monoisotopic (exact) mass is 1490 g/mol. The lowest BCUT2D eigenvalue weighted by Crippen LogP contribution is -2.68. The number of fused-ring (bicyclic) bond motifs is 9. The molecule has 3 aromatic carbocycles. The molecule has 582 valence electrons. The third-order valence-corrected chi connectivity index (χ3v) is 20.7. The number of halogens is 2. The van der Waals surface area contributed by atoms with Gasteiger partial charge in [-0.15, -0.1) is 0 Å². The number of amides is 9. The molecule has 2 heterocycles. The number of nitrogens with one attached hydrogen (secondary N) is 6. The SMILES string of the molecule is CCCC1O[C@@H]2C[C@H]3[C@@H]4C[C@H](F)C5=CC(=O)C=CC5[C@@]4(F)[C@@H](O)C[C@]3(C)[C@]2(C(=O)COC(=O)NCCN(C)C(=O)OCc2ccc(NC(=O)[C@H](CCCNC(N)=O)NC(=O)[C@@H](NC(=O)CCOCCOCCOCCOCCNC(=O)CCC(=O)N3Cc4ccccc4/C=C\c4ccccc43)C(C)C)cc2)O1. The predicted molar refractivity (Wildman–Crippen MR) is 388 cm³/mol. The highest BCUT2D eigenvalue weighted by Crippen LogP contribution is 2.70. The fraction of sp³-hybridized carbons (Fsp3) is 0.558. The molecule has 3 aromatic rings. The van der Waals surface area contributed by atoms with Crippen LogP contribution in [0.15, 0.2) is 96.6 Å². The molecule has 0 aromatic heterocycles. The number of Topliss-reactive ketones (excluding diaryl/α,β-unsaturated/α-hetero) is 1. The second-order valence-corrected chi connectivity index (χ2v) is 28.2. The average Bonchev–Trinajstić information content (AvgIpc) is 1.52. The first-order valence-corrected chi connectivity index (χ1v) is 36.7. The summed E-state index contributed by atoms with van der Waals surface area (Å²) in [5.41, 5.74) is 4.50. The molecule has 1 saturated heterocycles. The first-order chi connectivity index (χ1) is 51.4. The van der Waals surface area contributed by atoms with Crippen LogP contribution >= 0.6 is 0 Å². The maximum absolute atomic E-state index is 17.5. The fourth-order valence-corrected chi connectivity index (χ4v) is 15.2. The lowest BCUT2D eigenvalue weighted by atomic mass is 9.48. The Morgan fingerprint density at radius 3 is 2.15 bits per heavy atom. The standard InChI is InChI=1S/C77H101F2N9O19/c1-6-12-68-106-64-43-57-58-42-59(78)55-41-54(89)24-25-56(55)76(58,79)62(90)44-75(57,4)77(64,107-68)63(91)47-104-73(98)83-30-32-87(5)74(99)105-46-49-18-22-53(23-19-49)84-70(95)60(16-11-29-82-72(80)97)85-71(96)69(48(2)3)86-66(93)28-33-100-35-37-102-39-40-103-38-36-101-34-31-81-65(92)26-27-67(94)88-45-52-15-8-7-13-50(52)20-21-51-14-9-10-17-61(51)88/h7-10,13-15,17-25,41,48,56-60,62,64,68-69,90H,6,11-12,16,26-40,42-47H2,1-5H3,(H,81,92)(H,83,98)(H,84,95)(H,85,96)(H,86,93)(H3,80,82,97)/b21-20-/t56?,57-,58-,59-,60-,62-,64+,68?,69-,75-,76-,77+/m0/s1. The highest BCUT2D eigenvalue weighted by molar-refractivity contribution is 6.02. The Labute approximate surface area is 621 Å². The number of ether oxygens (including phenoxy) is 8. The van der Waals surface area contributed by atoms with Gasteiger partial charge < -0.3 is 90.4 Å². The van der Waals surface area contributed by atoms with Crippen molar-refractivity contribution in [1.82, 2.24) is 31.5 Å². The van der Waals surface area contributed by atoms with E-state index in [0.717, 1.165) is 28.5 Å². The Hall–Kier alpha value is -9.04. The second-order valence-electron chi connectivity index (χ2n) is 28.2. The van der Waals surface area contributed by atoms with Gasteiger partial charge in [-0.05, 0) is 109 Å². The third-order valence-electron chi connectivity index (χ3n) is 20.7. The van der Waals surface area contributed by atoms with E-state index in [4.69, 9.17) is 43.6 Å². The molecule has 3 saturated carbocycles. The number of aliphatic hydroxyl groups is 1. The zero-order valence-electron chi connectivity index (χ0n) is 61.3. The fourth-order valence-electron chi connectivity index (χ4n) is 15.2. The molecule has 4 aliphatic carbocycles. The van der Waals surface area contributed by atoms with Gasteiger partial charge in [-0.25, -0.2) is 23.2 Å². The number of alkyl halides is 2. The van der Waals surface area contributed by atoms with Crippen LogP contribution in [-0.4, -0.2) is 210 Å². The molecule has 4 fully saturated rings. The Morgan fingerprint density at radius 2 is 1.44 bits per heavy atom. The summed E-state index contributed by atoms with van der Waals surface area (Å²) in [6.45, 7) is 8.64. The van der Waals surface area contributed by atoms with Crippen molar-refractivity contribution >= 4 is 82.8 Å². The van der Waals surface area contributed by atoms with Gasteiger partial charge in [0.05, 0.1) is 77.3 Å². The van der Waals surface area contributed by atoms with Crippen LogP contribution in [0.3, 0.4) is 0 Å². The number of likely N-dealkylation sites (N-methyl/N-ethyl adjacent to an activating group) is 1. The van der Waals surface area contributed by atoms with E-state index in [0.29, 0.717) is 50.5 Å². The third kappa shape index (κ3) is 20.8. The van der Waals surface area contributed by atoms with Crippen LogP contribution in [0.4, 0.5) is 34.5 Å². The molecule has 0 radical (unpaired) electrons. The van der Waals surface area contributed by atoms with Gasteiger partial charge in [0.2, 0.25) is 35.3 Å². The Balaban J connectivity index is 0.622. The summed E-state index contributed by atoms with van der Waals surface area (Å²) in [7, 11) is 1.44. The number of hydrogen-bond acceptors (Lipinski definition) is 19. The van der Waals surface area contributed by atoms with E-state index in [-0.39, 0.29) is 135 Å². The number of anilines is 2. The minimum Gasteiger partial charge on any atom is -0.445 e. The van der Waals surface area contributed by atoms with Crippen LogP contribution in [0, 0.1) is 29.1 Å². The summed E-state index contributed by atoms with van der Waals surface area (Å²) in [6.07, 6.45) is 1.80. The number of nitrogens with two attached hydrogens (primary N) is 1. The molecule has 9 amide bonds. The molecular formula is C77H101F2N9O19. The zero-order chi connectivity index (χ0) is 76.8. The number of aliphatic hydroxyl groups excluding tert-OH is 1. The molecule has 2 aliphatic heterocycles. The second kappa shape index (κ2) is 38.7. The van der Waals surface area contributed by atoms with Gasteiger partial charge in [0.25, 0.3) is 0 Å². The zero-order valence-corrected chi connectivity index (χ0v) is 61.3. The first kappa shape index (κ1) is 82.0. The van der Waals surface area contributed by atoms with Crippen molar-refractivity contribution in [3.63, 3.8) is 0 Å². The van der Waals surface area contributed by atoms with Crippen molar-refractivity contribution in [2.75, 3.05) is 103 Å². The number of primary amides is 1. The molecule has 0 spiro atoms. The van der Waals surface area contributed by atoms with E-state index in [2.05, 4.69) is 31.9 Å². The minimum absolute atomic E-state index is 0.0112. The van der Waals surface area contributed by atoms with Crippen LogP contribution in [0.25, 0.3) is 12.2 Å². The molecule has 2 unspecified atom stereocenters. The van der Waals surface area contributed by atoms with E-state index >= 15 is 8.78 Å². The predicted octanol–water partition coefficient (Wildman–Crippen LogP) is 6.45. The number of allylic oxidation sites excluding steroid dienone is 4. The molecule has 9 N–H and O–H groups in total. The van der Waals surface area contributed by atoms with E-state index in [1.165, 1.54) is 24.1 Å². The minimum atomic E-state index is -2.33. The smallest absolute Gasteiger partial charge is 0.409 e. The van der Waals surface area contributed by atoms with Gasteiger partial charge in [-0.2, -0.15) is 0 Å². The number of benzene rings is 3. The number of para-hydroxylation sites is 1. The number of nitrogens with zero attached hydrogens (tertiary/aromatic N) is 2. The molecule has 28 nitrogen and oxygen atoms in total. The van der Waals surface area contributed by atoms with Gasteiger partial charge in [0, 0.05) is 75.4 Å². The number of rotatable bonds is 38. The Bertz CT molecular complexity index is 3730. The summed E-state index contributed by atoms with van der Waals surface area (Å²) in [5, 5.41) is 27.8.